The van der Waals surface area contributed by atoms with E-state index in [1.165, 1.54) is 0 Å². The van der Waals surface area contributed by atoms with Crippen LogP contribution in [-0.4, -0.2) is 45.5 Å². The van der Waals surface area contributed by atoms with Crippen molar-refractivity contribution in [2.24, 2.45) is 11.8 Å². The third-order valence-electron chi connectivity index (χ3n) is 7.41. The van der Waals surface area contributed by atoms with Gasteiger partial charge in [0.2, 0.25) is 5.92 Å². The minimum atomic E-state index is -2.69. The standard InChI is InChI=1S/C28H41F2N7O2S/c1-17(2)24(35-40(39)27(5,6)7)20-14-23-33-21(16-36(23)32-15-20)25(19-8-11-28(29,30)12-9-19)34-26(38)22-10-13-31-37(22)18(3)4/h10,13-19,24-25,35H,8-9,11-12H2,1-7H3,(H,34,38)/t24-,25+,40?/m1/s1. The molecule has 220 valence electrons. The molecular weight excluding hydrogens is 536 g/mol. The normalized spacial score (nSPS) is 18.8. The zero-order valence-electron chi connectivity index (χ0n) is 24.3. The molecule has 9 nitrogen and oxygen atoms in total. The summed E-state index contributed by atoms with van der Waals surface area (Å²) in [5.74, 6) is -3.09. The van der Waals surface area contributed by atoms with E-state index in [0.717, 1.165) is 5.56 Å². The molecule has 4 rings (SSSR count). The summed E-state index contributed by atoms with van der Waals surface area (Å²) < 4.78 is 47.0. The SMILES string of the molecule is CC(C)[C@@H](N[S+]([O-])C(C)(C)C)c1cnn2cc([C@@H](NC(=O)c3ccnn3C(C)C)C3CCC(F)(F)CC3)nc2c1. The second-order valence-electron chi connectivity index (χ2n) is 12.4. The highest BCUT2D eigenvalue weighted by Gasteiger charge is 2.40. The highest BCUT2D eigenvalue weighted by Crippen LogP contribution is 2.41. The average molecular weight is 578 g/mol. The molecule has 1 fully saturated rings. The van der Waals surface area contributed by atoms with Crippen LogP contribution in [0.4, 0.5) is 8.78 Å². The summed E-state index contributed by atoms with van der Waals surface area (Å²) in [4.78, 5) is 18.2. The number of halogens is 2. The summed E-state index contributed by atoms with van der Waals surface area (Å²) in [6, 6.07) is 2.74. The molecule has 0 saturated heterocycles. The van der Waals surface area contributed by atoms with Gasteiger partial charge in [-0.2, -0.15) is 10.2 Å². The topological polar surface area (TPSA) is 112 Å². The number of hydrogen-bond donors (Lipinski definition) is 2. The Labute approximate surface area is 237 Å². The number of imidazole rings is 1. The largest absolute Gasteiger partial charge is 0.598 e. The van der Waals surface area contributed by atoms with E-state index in [2.05, 4.69) is 20.2 Å². The molecular formula is C28H41F2N7O2S. The summed E-state index contributed by atoms with van der Waals surface area (Å²) >= 11 is -1.28. The van der Waals surface area contributed by atoms with Crippen molar-refractivity contribution in [3.8, 4) is 0 Å². The number of hydrogen-bond acceptors (Lipinski definition) is 6. The van der Waals surface area contributed by atoms with Gasteiger partial charge in [-0.05, 0) is 77.0 Å². The minimum Gasteiger partial charge on any atom is -0.598 e. The van der Waals surface area contributed by atoms with Gasteiger partial charge in [-0.15, -0.1) is 4.72 Å². The van der Waals surface area contributed by atoms with Gasteiger partial charge in [0.1, 0.15) is 10.4 Å². The summed E-state index contributed by atoms with van der Waals surface area (Å²) in [6.07, 6.45) is 5.14. The van der Waals surface area contributed by atoms with E-state index < -0.39 is 28.1 Å². The first-order valence-electron chi connectivity index (χ1n) is 13.9. The van der Waals surface area contributed by atoms with Crippen molar-refractivity contribution >= 4 is 22.9 Å². The molecule has 0 bridgehead atoms. The molecule has 0 aromatic carbocycles. The number of aromatic nitrogens is 5. The fourth-order valence-electron chi connectivity index (χ4n) is 5.06. The number of nitrogens with one attached hydrogen (secondary N) is 2. The summed E-state index contributed by atoms with van der Waals surface area (Å²) in [5, 5.41) is 11.9. The molecule has 3 atom stereocenters. The molecule has 1 unspecified atom stereocenters. The molecule has 2 N–H and O–H groups in total. The first-order chi connectivity index (χ1) is 18.7. The molecule has 1 amide bonds. The van der Waals surface area contributed by atoms with Crippen molar-refractivity contribution in [2.75, 3.05) is 0 Å². The lowest BCUT2D eigenvalue weighted by Gasteiger charge is -2.33. The Hall–Kier alpha value is -2.57. The summed E-state index contributed by atoms with van der Waals surface area (Å²) in [5.41, 5.74) is 2.38. The van der Waals surface area contributed by atoms with Gasteiger partial charge in [0.15, 0.2) is 5.65 Å². The number of carbonyl (C=O) groups is 1. The van der Waals surface area contributed by atoms with Gasteiger partial charge in [0.05, 0.1) is 30.2 Å². The van der Waals surface area contributed by atoms with Gasteiger partial charge >= 0.3 is 0 Å². The maximum Gasteiger partial charge on any atom is 0.270 e. The van der Waals surface area contributed by atoms with Crippen LogP contribution in [0.5, 0.6) is 0 Å². The Morgan fingerprint density at radius 2 is 1.85 bits per heavy atom. The van der Waals surface area contributed by atoms with Crippen molar-refractivity contribution in [1.82, 2.24) is 34.4 Å². The van der Waals surface area contributed by atoms with E-state index in [4.69, 9.17) is 4.98 Å². The Morgan fingerprint density at radius 3 is 2.45 bits per heavy atom. The lowest BCUT2D eigenvalue weighted by Crippen LogP contribution is -2.42. The lowest BCUT2D eigenvalue weighted by atomic mass is 9.81. The van der Waals surface area contributed by atoms with Gasteiger partial charge in [-0.1, -0.05) is 13.8 Å². The molecule has 1 saturated carbocycles. The number of carbonyl (C=O) groups excluding carboxylic acids is 1. The average Bonchev–Trinajstić information content (AvgIpc) is 3.52. The molecule has 1 aliphatic rings. The summed E-state index contributed by atoms with van der Waals surface area (Å²) in [7, 11) is 0. The number of rotatable bonds is 9. The van der Waals surface area contributed by atoms with E-state index in [-0.39, 0.29) is 55.5 Å². The molecule has 0 spiro atoms. The van der Waals surface area contributed by atoms with Crippen molar-refractivity contribution in [2.45, 2.75) is 103 Å². The molecule has 40 heavy (non-hydrogen) atoms. The van der Waals surface area contributed by atoms with Gasteiger partial charge in [-0.3, -0.25) is 9.48 Å². The van der Waals surface area contributed by atoms with Crippen LogP contribution in [0.1, 0.15) is 114 Å². The molecule has 3 heterocycles. The Bertz CT molecular complexity index is 1310. The maximum atomic E-state index is 14.0. The highest BCUT2D eigenvalue weighted by atomic mass is 32.2. The van der Waals surface area contributed by atoms with E-state index in [1.54, 1.807) is 33.9 Å². The molecule has 3 aromatic heterocycles. The third kappa shape index (κ3) is 6.83. The van der Waals surface area contributed by atoms with E-state index >= 15 is 0 Å². The van der Waals surface area contributed by atoms with Gasteiger partial charge in [0.25, 0.3) is 5.91 Å². The predicted octanol–water partition coefficient (Wildman–Crippen LogP) is 5.55. The Morgan fingerprint density at radius 1 is 1.18 bits per heavy atom. The Balaban J connectivity index is 1.66. The van der Waals surface area contributed by atoms with Gasteiger partial charge in [0, 0.05) is 36.4 Å². The van der Waals surface area contributed by atoms with Crippen molar-refractivity contribution in [3.63, 3.8) is 0 Å². The quantitative estimate of drug-likeness (QED) is 0.323. The fraction of sp³-hybridized carbons (Fsp3) is 0.643. The predicted molar refractivity (Wildman–Crippen MR) is 151 cm³/mol. The van der Waals surface area contributed by atoms with E-state index in [9.17, 15) is 18.1 Å². The molecule has 3 aromatic rings. The molecule has 0 radical (unpaired) electrons. The monoisotopic (exact) mass is 577 g/mol. The first-order valence-corrected chi connectivity index (χ1v) is 15.1. The fourth-order valence-corrected chi connectivity index (χ4v) is 6.05. The highest BCUT2D eigenvalue weighted by molar-refractivity contribution is 7.90. The van der Waals surface area contributed by atoms with E-state index in [0.29, 0.717) is 17.0 Å². The van der Waals surface area contributed by atoms with Crippen LogP contribution in [-0.2, 0) is 11.4 Å². The van der Waals surface area contributed by atoms with E-state index in [1.807, 2.05) is 54.5 Å². The number of fused-ring (bicyclic) bond motifs is 1. The first kappa shape index (κ1) is 30.4. The second kappa shape index (κ2) is 11.7. The summed E-state index contributed by atoms with van der Waals surface area (Å²) in [6.45, 7) is 13.7. The Kier molecular flexibility index (Phi) is 8.91. The van der Waals surface area contributed by atoms with Crippen LogP contribution in [0.25, 0.3) is 5.65 Å². The van der Waals surface area contributed by atoms with Crippen LogP contribution in [0, 0.1) is 11.8 Å². The zero-order valence-corrected chi connectivity index (χ0v) is 25.1. The van der Waals surface area contributed by atoms with Gasteiger partial charge < -0.3 is 9.87 Å². The second-order valence-corrected chi connectivity index (χ2v) is 14.4. The van der Waals surface area contributed by atoms with Crippen LogP contribution < -0.4 is 10.0 Å². The number of alkyl halides is 2. The van der Waals surface area contributed by atoms with Crippen LogP contribution >= 0.6 is 0 Å². The lowest BCUT2D eigenvalue weighted by molar-refractivity contribution is -0.0495. The smallest absolute Gasteiger partial charge is 0.270 e. The maximum absolute atomic E-state index is 14.0. The van der Waals surface area contributed by atoms with Crippen LogP contribution in [0.3, 0.4) is 0 Å². The van der Waals surface area contributed by atoms with Gasteiger partial charge in [-0.25, -0.2) is 18.3 Å². The molecule has 0 aliphatic heterocycles. The third-order valence-corrected chi connectivity index (χ3v) is 8.99. The van der Waals surface area contributed by atoms with Crippen LogP contribution in [0.15, 0.2) is 30.7 Å². The van der Waals surface area contributed by atoms with Crippen molar-refractivity contribution in [1.29, 1.82) is 0 Å². The van der Waals surface area contributed by atoms with Crippen molar-refractivity contribution < 1.29 is 18.1 Å². The number of amides is 1. The number of nitrogens with zero attached hydrogens (tertiary/aromatic N) is 5. The van der Waals surface area contributed by atoms with Crippen LogP contribution in [0.2, 0.25) is 0 Å². The minimum absolute atomic E-state index is 0.0180. The van der Waals surface area contributed by atoms with Crippen molar-refractivity contribution in [3.05, 3.63) is 47.7 Å². The zero-order chi connectivity index (χ0) is 29.4. The molecule has 1 aliphatic carbocycles. The molecule has 12 heteroatoms.